The molecule has 0 radical (unpaired) electrons. The Bertz CT molecular complexity index is 334. The van der Waals surface area contributed by atoms with Crippen molar-refractivity contribution in [2.75, 3.05) is 19.6 Å². The van der Waals surface area contributed by atoms with Gasteiger partial charge in [0.15, 0.2) is 0 Å². The van der Waals surface area contributed by atoms with E-state index in [-0.39, 0.29) is 6.09 Å². The molecule has 96 valence electrons. The van der Waals surface area contributed by atoms with Gasteiger partial charge in [0, 0.05) is 19.3 Å². The average Bonchev–Trinajstić information content (AvgIpc) is 2.27. The van der Waals surface area contributed by atoms with Crippen molar-refractivity contribution in [3.8, 4) is 0 Å². The van der Waals surface area contributed by atoms with Crippen LogP contribution in [-0.2, 0) is 4.74 Å². The van der Waals surface area contributed by atoms with Crippen molar-refractivity contribution in [3.05, 3.63) is 10.8 Å². The van der Waals surface area contributed by atoms with E-state index in [9.17, 15) is 4.79 Å². The first-order valence-electron chi connectivity index (χ1n) is 5.47. The fourth-order valence-electron chi connectivity index (χ4n) is 1.20. The SMILES string of the molecule is CC(C)(C)OC(=O)N1CC=N/C=C(/Br)NCC1. The zero-order chi connectivity index (χ0) is 12.9. The molecule has 1 aliphatic heterocycles. The lowest BCUT2D eigenvalue weighted by Crippen LogP contribution is -2.40. The quantitative estimate of drug-likeness (QED) is 0.697. The zero-order valence-corrected chi connectivity index (χ0v) is 12.0. The van der Waals surface area contributed by atoms with E-state index >= 15 is 0 Å². The van der Waals surface area contributed by atoms with Gasteiger partial charge in [-0.05, 0) is 36.7 Å². The Morgan fingerprint density at radius 1 is 1.59 bits per heavy atom. The first kappa shape index (κ1) is 14.0. The highest BCUT2D eigenvalue weighted by molar-refractivity contribution is 9.11. The van der Waals surface area contributed by atoms with Gasteiger partial charge in [0.05, 0.1) is 17.4 Å². The highest BCUT2D eigenvalue weighted by Gasteiger charge is 2.21. The summed E-state index contributed by atoms with van der Waals surface area (Å²) in [5.41, 5.74) is -0.473. The molecule has 1 amide bonds. The summed E-state index contributed by atoms with van der Waals surface area (Å²) < 4.78 is 6.12. The molecule has 0 aromatic carbocycles. The minimum Gasteiger partial charge on any atom is -0.444 e. The van der Waals surface area contributed by atoms with E-state index in [4.69, 9.17) is 4.74 Å². The molecular formula is C11H18BrN3O2. The van der Waals surface area contributed by atoms with Crippen LogP contribution in [0.15, 0.2) is 15.8 Å². The number of halogens is 1. The van der Waals surface area contributed by atoms with Crippen molar-refractivity contribution in [1.29, 1.82) is 0 Å². The fraction of sp³-hybridized carbons (Fsp3) is 0.636. The minimum atomic E-state index is -0.473. The van der Waals surface area contributed by atoms with Crippen LogP contribution in [0.1, 0.15) is 20.8 Å². The van der Waals surface area contributed by atoms with Gasteiger partial charge in [-0.1, -0.05) is 0 Å². The van der Waals surface area contributed by atoms with E-state index in [1.165, 1.54) is 0 Å². The van der Waals surface area contributed by atoms with Crippen LogP contribution < -0.4 is 5.32 Å². The topological polar surface area (TPSA) is 53.9 Å². The van der Waals surface area contributed by atoms with Gasteiger partial charge in [-0.15, -0.1) is 0 Å². The summed E-state index contributed by atoms with van der Waals surface area (Å²) in [5, 5.41) is 3.09. The molecule has 17 heavy (non-hydrogen) atoms. The lowest BCUT2D eigenvalue weighted by molar-refractivity contribution is 0.0284. The monoisotopic (exact) mass is 303 g/mol. The van der Waals surface area contributed by atoms with Crippen LogP contribution in [0.5, 0.6) is 0 Å². The smallest absolute Gasteiger partial charge is 0.410 e. The number of nitrogens with zero attached hydrogens (tertiary/aromatic N) is 2. The van der Waals surface area contributed by atoms with E-state index in [2.05, 4.69) is 26.2 Å². The van der Waals surface area contributed by atoms with E-state index in [1.807, 2.05) is 20.8 Å². The number of carbonyl (C=O) groups excluding carboxylic acids is 1. The Kier molecular flexibility index (Phi) is 4.99. The van der Waals surface area contributed by atoms with Gasteiger partial charge in [0.1, 0.15) is 5.60 Å². The van der Waals surface area contributed by atoms with Crippen LogP contribution in [0.25, 0.3) is 0 Å². The number of aliphatic imine (C=N–C) groups is 1. The summed E-state index contributed by atoms with van der Waals surface area (Å²) >= 11 is 3.32. The van der Waals surface area contributed by atoms with Gasteiger partial charge in [-0.3, -0.25) is 4.99 Å². The first-order valence-corrected chi connectivity index (χ1v) is 6.27. The minimum absolute atomic E-state index is 0.316. The van der Waals surface area contributed by atoms with E-state index in [0.717, 1.165) is 4.61 Å². The number of ether oxygens (including phenoxy) is 1. The lowest BCUT2D eigenvalue weighted by atomic mass is 10.2. The molecule has 0 saturated heterocycles. The predicted molar refractivity (Wildman–Crippen MR) is 71.3 cm³/mol. The third-order valence-electron chi connectivity index (χ3n) is 1.92. The zero-order valence-electron chi connectivity index (χ0n) is 10.4. The lowest BCUT2D eigenvalue weighted by Gasteiger charge is -2.26. The van der Waals surface area contributed by atoms with Crippen molar-refractivity contribution in [1.82, 2.24) is 10.2 Å². The molecule has 0 aromatic rings. The molecular weight excluding hydrogens is 286 g/mol. The summed E-state index contributed by atoms with van der Waals surface area (Å²) in [7, 11) is 0. The fourth-order valence-corrected chi connectivity index (χ4v) is 1.52. The van der Waals surface area contributed by atoms with Crippen molar-refractivity contribution in [2.24, 2.45) is 4.99 Å². The van der Waals surface area contributed by atoms with Gasteiger partial charge in [0.2, 0.25) is 0 Å². The van der Waals surface area contributed by atoms with Crippen LogP contribution >= 0.6 is 15.9 Å². The number of rotatable bonds is 0. The molecule has 1 rings (SSSR count). The molecule has 0 unspecified atom stereocenters. The highest BCUT2D eigenvalue weighted by Crippen LogP contribution is 2.10. The largest absolute Gasteiger partial charge is 0.444 e. The molecule has 0 saturated carbocycles. The normalized spacial score (nSPS) is 20.5. The first-order chi connectivity index (χ1) is 7.88. The van der Waals surface area contributed by atoms with Gasteiger partial charge >= 0.3 is 6.09 Å². The maximum absolute atomic E-state index is 11.9. The summed E-state index contributed by atoms with van der Waals surface area (Å²) in [6, 6.07) is 0. The van der Waals surface area contributed by atoms with Crippen LogP contribution in [0.3, 0.4) is 0 Å². The van der Waals surface area contributed by atoms with Crippen molar-refractivity contribution in [3.63, 3.8) is 0 Å². The van der Waals surface area contributed by atoms with Gasteiger partial charge in [-0.2, -0.15) is 0 Å². The molecule has 1 heterocycles. The third-order valence-corrected chi connectivity index (χ3v) is 2.41. The van der Waals surface area contributed by atoms with E-state index in [1.54, 1.807) is 17.3 Å². The molecule has 5 nitrogen and oxygen atoms in total. The second-order valence-corrected chi connectivity index (χ2v) is 5.52. The highest BCUT2D eigenvalue weighted by atomic mass is 79.9. The molecule has 1 aliphatic rings. The second kappa shape index (κ2) is 6.05. The Labute approximate surface area is 110 Å². The van der Waals surface area contributed by atoms with E-state index < -0.39 is 5.60 Å². The molecule has 0 atom stereocenters. The number of hydrogen-bond donors (Lipinski definition) is 1. The summed E-state index contributed by atoms with van der Waals surface area (Å²) in [4.78, 5) is 17.5. The molecule has 0 aliphatic carbocycles. The average molecular weight is 304 g/mol. The van der Waals surface area contributed by atoms with Crippen molar-refractivity contribution < 1.29 is 9.53 Å². The van der Waals surface area contributed by atoms with Crippen LogP contribution in [0, 0.1) is 0 Å². The number of amides is 1. The predicted octanol–water partition coefficient (Wildman–Crippen LogP) is 2.09. The Hall–Kier alpha value is -1.04. The summed E-state index contributed by atoms with van der Waals surface area (Å²) in [6.07, 6.45) is 3.03. The standard InChI is InChI=1S/C11H18BrN3O2/c1-11(2,3)17-10(16)15-6-4-13-8-9(12)14-5-7-15/h4,8,14H,5-7H2,1-3H3/b9-8-,13-4?. The van der Waals surface area contributed by atoms with Gasteiger partial charge in [0.25, 0.3) is 0 Å². The number of nitrogens with one attached hydrogen (secondary N) is 1. The number of hydrogen-bond acceptors (Lipinski definition) is 4. The maximum Gasteiger partial charge on any atom is 0.410 e. The Balaban J connectivity index is 2.57. The molecule has 0 bridgehead atoms. The molecule has 0 fully saturated rings. The molecule has 1 N–H and O–H groups in total. The van der Waals surface area contributed by atoms with Gasteiger partial charge in [-0.25, -0.2) is 4.79 Å². The molecule has 6 heteroatoms. The molecule has 0 aromatic heterocycles. The van der Waals surface area contributed by atoms with E-state index in [0.29, 0.717) is 19.6 Å². The second-order valence-electron chi connectivity index (χ2n) is 4.66. The number of carbonyl (C=O) groups is 1. The summed E-state index contributed by atoms with van der Waals surface area (Å²) in [6.45, 7) is 7.24. The summed E-state index contributed by atoms with van der Waals surface area (Å²) in [5.74, 6) is 0. The molecule has 0 spiro atoms. The maximum atomic E-state index is 11.9. The van der Waals surface area contributed by atoms with Crippen LogP contribution in [0.4, 0.5) is 4.79 Å². The van der Waals surface area contributed by atoms with Crippen LogP contribution in [0.2, 0.25) is 0 Å². The third kappa shape index (κ3) is 5.72. The Morgan fingerprint density at radius 3 is 2.94 bits per heavy atom. The van der Waals surface area contributed by atoms with Crippen LogP contribution in [-0.4, -0.2) is 42.4 Å². The Morgan fingerprint density at radius 2 is 2.29 bits per heavy atom. The van der Waals surface area contributed by atoms with Crippen molar-refractivity contribution in [2.45, 2.75) is 26.4 Å². The van der Waals surface area contributed by atoms with Gasteiger partial charge < -0.3 is 15.0 Å². The van der Waals surface area contributed by atoms with Crippen molar-refractivity contribution >= 4 is 28.2 Å².